The van der Waals surface area contributed by atoms with Gasteiger partial charge in [0.2, 0.25) is 5.91 Å². The van der Waals surface area contributed by atoms with Gasteiger partial charge in [-0.1, -0.05) is 36.4 Å². The SMILES string of the molecule is Cc1ccc(NC(=O)CN2CCc3sccc3[C@H]2c2ccccc2)c([N+](=O)[O-])c1. The summed E-state index contributed by atoms with van der Waals surface area (Å²) < 4.78 is 0. The number of nitro groups is 1. The van der Waals surface area contributed by atoms with E-state index in [0.717, 1.165) is 24.1 Å². The number of carbonyl (C=O) groups is 1. The second kappa shape index (κ2) is 8.14. The predicted molar refractivity (Wildman–Crippen MR) is 114 cm³/mol. The Kier molecular flexibility index (Phi) is 5.42. The fourth-order valence-electron chi connectivity index (χ4n) is 3.84. The lowest BCUT2D eigenvalue weighted by molar-refractivity contribution is -0.384. The van der Waals surface area contributed by atoms with E-state index in [0.29, 0.717) is 0 Å². The Bertz CT molecular complexity index is 1050. The lowest BCUT2D eigenvalue weighted by atomic mass is 9.93. The van der Waals surface area contributed by atoms with Gasteiger partial charge in [-0.2, -0.15) is 0 Å². The molecule has 1 amide bonds. The van der Waals surface area contributed by atoms with Crippen LogP contribution in [0.3, 0.4) is 0 Å². The number of anilines is 1. The maximum Gasteiger partial charge on any atom is 0.293 e. The van der Waals surface area contributed by atoms with Crippen molar-refractivity contribution in [2.24, 2.45) is 0 Å². The maximum atomic E-state index is 12.8. The lowest BCUT2D eigenvalue weighted by Crippen LogP contribution is -2.40. The third kappa shape index (κ3) is 4.06. The molecule has 1 atom stereocenters. The lowest BCUT2D eigenvalue weighted by Gasteiger charge is -2.35. The predicted octanol–water partition coefficient (Wildman–Crippen LogP) is 4.55. The molecule has 1 aliphatic rings. The molecule has 1 aliphatic heterocycles. The number of amides is 1. The van der Waals surface area contributed by atoms with Gasteiger partial charge in [-0.15, -0.1) is 11.3 Å². The molecule has 0 fully saturated rings. The zero-order chi connectivity index (χ0) is 20.4. The van der Waals surface area contributed by atoms with Gasteiger partial charge in [0, 0.05) is 17.5 Å². The molecule has 0 saturated heterocycles. The Morgan fingerprint density at radius 1 is 1.24 bits per heavy atom. The van der Waals surface area contributed by atoms with Crippen molar-refractivity contribution in [3.63, 3.8) is 0 Å². The highest BCUT2D eigenvalue weighted by Crippen LogP contribution is 2.37. The van der Waals surface area contributed by atoms with Crippen LogP contribution in [-0.4, -0.2) is 28.8 Å². The second-order valence-corrected chi connectivity index (χ2v) is 8.16. The summed E-state index contributed by atoms with van der Waals surface area (Å²) in [5.74, 6) is -0.253. The zero-order valence-corrected chi connectivity index (χ0v) is 16.8. The van der Waals surface area contributed by atoms with Gasteiger partial charge in [0.1, 0.15) is 5.69 Å². The van der Waals surface area contributed by atoms with Crippen LogP contribution in [0.15, 0.2) is 60.0 Å². The monoisotopic (exact) mass is 407 g/mol. The highest BCUT2D eigenvalue weighted by atomic mass is 32.1. The Morgan fingerprint density at radius 2 is 2.03 bits per heavy atom. The Balaban J connectivity index is 1.57. The van der Waals surface area contributed by atoms with Crippen LogP contribution >= 0.6 is 11.3 Å². The average molecular weight is 407 g/mol. The number of carbonyl (C=O) groups excluding carboxylic acids is 1. The summed E-state index contributed by atoms with van der Waals surface area (Å²) in [5, 5.41) is 16.2. The van der Waals surface area contributed by atoms with Crippen molar-refractivity contribution in [3.8, 4) is 0 Å². The van der Waals surface area contributed by atoms with Crippen molar-refractivity contribution in [2.45, 2.75) is 19.4 Å². The first-order chi connectivity index (χ1) is 14.0. The highest BCUT2D eigenvalue weighted by Gasteiger charge is 2.31. The van der Waals surface area contributed by atoms with Crippen LogP contribution in [0.25, 0.3) is 0 Å². The number of thiophene rings is 1. The van der Waals surface area contributed by atoms with Crippen molar-refractivity contribution in [1.29, 1.82) is 0 Å². The number of aryl methyl sites for hydroxylation is 1. The third-order valence-corrected chi connectivity index (χ3v) is 6.15. The van der Waals surface area contributed by atoms with Crippen molar-refractivity contribution >= 4 is 28.6 Å². The first-order valence-electron chi connectivity index (χ1n) is 9.43. The van der Waals surface area contributed by atoms with E-state index in [2.05, 4.69) is 33.8 Å². The van der Waals surface area contributed by atoms with Crippen LogP contribution in [0.4, 0.5) is 11.4 Å². The standard InChI is InChI=1S/C22H21N3O3S/c1-15-7-8-18(19(13-15)25(27)28)23-21(26)14-24-11-9-20-17(10-12-29-20)22(24)16-5-3-2-4-6-16/h2-8,10,12-13,22H,9,11,14H2,1H3,(H,23,26)/t22-/m1/s1. The first-order valence-corrected chi connectivity index (χ1v) is 10.3. The molecular formula is C22H21N3O3S. The molecule has 29 heavy (non-hydrogen) atoms. The minimum absolute atomic E-state index is 0.00459. The van der Waals surface area contributed by atoms with E-state index in [1.807, 2.05) is 18.2 Å². The molecule has 4 rings (SSSR count). The number of fused-ring (bicyclic) bond motifs is 1. The number of hydrogen-bond donors (Lipinski definition) is 1. The molecule has 0 unspecified atom stereocenters. The molecule has 2 aromatic carbocycles. The molecular weight excluding hydrogens is 386 g/mol. The highest BCUT2D eigenvalue weighted by molar-refractivity contribution is 7.10. The van der Waals surface area contributed by atoms with Gasteiger partial charge >= 0.3 is 0 Å². The summed E-state index contributed by atoms with van der Waals surface area (Å²) in [4.78, 5) is 27.2. The van der Waals surface area contributed by atoms with Gasteiger partial charge in [-0.25, -0.2) is 0 Å². The molecule has 0 bridgehead atoms. The number of benzene rings is 2. The summed E-state index contributed by atoms with van der Waals surface area (Å²) >= 11 is 1.75. The number of nitrogens with one attached hydrogen (secondary N) is 1. The number of nitro benzene ring substituents is 1. The van der Waals surface area contributed by atoms with Crippen LogP contribution < -0.4 is 5.32 Å². The van der Waals surface area contributed by atoms with E-state index >= 15 is 0 Å². The Labute approximate surface area is 172 Å². The van der Waals surface area contributed by atoms with Crippen LogP contribution in [0, 0.1) is 17.0 Å². The van der Waals surface area contributed by atoms with Crippen molar-refractivity contribution in [3.05, 3.63) is 91.7 Å². The third-order valence-electron chi connectivity index (χ3n) is 5.15. The minimum atomic E-state index is -0.464. The molecule has 1 N–H and O–H groups in total. The molecule has 2 heterocycles. The van der Waals surface area contributed by atoms with Gasteiger partial charge in [0.25, 0.3) is 5.69 Å². The minimum Gasteiger partial charge on any atom is -0.319 e. The average Bonchev–Trinajstić information content (AvgIpc) is 3.18. The fourth-order valence-corrected chi connectivity index (χ4v) is 4.74. The van der Waals surface area contributed by atoms with Gasteiger partial charge in [-0.3, -0.25) is 19.8 Å². The Morgan fingerprint density at radius 3 is 2.79 bits per heavy atom. The number of hydrogen-bond acceptors (Lipinski definition) is 5. The van der Waals surface area contributed by atoms with E-state index in [4.69, 9.17) is 0 Å². The molecule has 0 spiro atoms. The van der Waals surface area contributed by atoms with E-state index in [1.54, 1.807) is 30.4 Å². The summed E-state index contributed by atoms with van der Waals surface area (Å²) in [6.45, 7) is 2.71. The van der Waals surface area contributed by atoms with Crippen molar-refractivity contribution < 1.29 is 9.72 Å². The van der Waals surface area contributed by atoms with Gasteiger partial charge < -0.3 is 5.32 Å². The molecule has 6 nitrogen and oxygen atoms in total. The van der Waals surface area contributed by atoms with E-state index in [1.165, 1.54) is 16.5 Å². The van der Waals surface area contributed by atoms with Gasteiger partial charge in [-0.05, 0) is 47.5 Å². The quantitative estimate of drug-likeness (QED) is 0.497. The normalized spacial score (nSPS) is 16.2. The summed E-state index contributed by atoms with van der Waals surface area (Å²) in [5.41, 5.74) is 3.30. The summed E-state index contributed by atoms with van der Waals surface area (Å²) in [7, 11) is 0. The van der Waals surface area contributed by atoms with E-state index in [9.17, 15) is 14.9 Å². The molecule has 7 heteroatoms. The Hall–Kier alpha value is -3.03. The first kappa shape index (κ1) is 19.3. The van der Waals surface area contributed by atoms with Crippen LogP contribution in [0.1, 0.15) is 27.6 Å². The van der Waals surface area contributed by atoms with Crippen LogP contribution in [0.5, 0.6) is 0 Å². The fraction of sp³-hybridized carbons (Fsp3) is 0.227. The number of nitrogens with zero attached hydrogens (tertiary/aromatic N) is 2. The largest absolute Gasteiger partial charge is 0.319 e. The van der Waals surface area contributed by atoms with Crippen molar-refractivity contribution in [1.82, 2.24) is 4.90 Å². The summed E-state index contributed by atoms with van der Waals surface area (Å²) in [6, 6.07) is 17.1. The van der Waals surface area contributed by atoms with Gasteiger partial charge in [0.05, 0.1) is 17.5 Å². The van der Waals surface area contributed by atoms with Crippen LogP contribution in [0.2, 0.25) is 0 Å². The molecule has 0 radical (unpaired) electrons. The van der Waals surface area contributed by atoms with Crippen LogP contribution in [-0.2, 0) is 11.2 Å². The smallest absolute Gasteiger partial charge is 0.293 e. The second-order valence-electron chi connectivity index (χ2n) is 7.16. The topological polar surface area (TPSA) is 75.5 Å². The molecule has 0 aliphatic carbocycles. The molecule has 3 aromatic rings. The molecule has 1 aromatic heterocycles. The van der Waals surface area contributed by atoms with E-state index in [-0.39, 0.29) is 29.9 Å². The zero-order valence-electron chi connectivity index (χ0n) is 16.0. The van der Waals surface area contributed by atoms with E-state index < -0.39 is 4.92 Å². The molecule has 0 saturated carbocycles. The number of rotatable bonds is 5. The van der Waals surface area contributed by atoms with Gasteiger partial charge in [0.15, 0.2) is 0 Å². The maximum absolute atomic E-state index is 12.8. The van der Waals surface area contributed by atoms with Crippen molar-refractivity contribution in [2.75, 3.05) is 18.4 Å². The summed E-state index contributed by atoms with van der Waals surface area (Å²) in [6.07, 6.45) is 0.897. The molecule has 148 valence electrons.